The molecule has 2 unspecified atom stereocenters. The van der Waals surface area contributed by atoms with Crippen molar-refractivity contribution in [3.05, 3.63) is 35.4 Å². The predicted molar refractivity (Wildman–Crippen MR) is 71.2 cm³/mol. The molecule has 0 aliphatic carbocycles. The Labute approximate surface area is 104 Å². The third-order valence-corrected chi connectivity index (χ3v) is 3.56. The van der Waals surface area contributed by atoms with E-state index in [0.29, 0.717) is 6.04 Å². The number of rotatable bonds is 4. The molecule has 1 aliphatic heterocycles. The normalized spacial score (nSPS) is 24.8. The molecule has 94 valence electrons. The van der Waals surface area contributed by atoms with Gasteiger partial charge >= 0.3 is 0 Å². The van der Waals surface area contributed by atoms with Crippen molar-refractivity contribution in [2.24, 2.45) is 0 Å². The molecular formula is C15H23NO. The van der Waals surface area contributed by atoms with Gasteiger partial charge in [0.05, 0.1) is 6.10 Å². The van der Waals surface area contributed by atoms with Gasteiger partial charge in [-0.15, -0.1) is 0 Å². The SMILES string of the molecule is CCNC1CCOC(c2ccccc2CC)C1. The van der Waals surface area contributed by atoms with Crippen LogP contribution >= 0.6 is 0 Å². The van der Waals surface area contributed by atoms with Crippen molar-refractivity contribution in [2.75, 3.05) is 13.2 Å². The average molecular weight is 233 g/mol. The minimum Gasteiger partial charge on any atom is -0.373 e. The minimum atomic E-state index is 0.281. The highest BCUT2D eigenvalue weighted by Gasteiger charge is 2.24. The van der Waals surface area contributed by atoms with E-state index < -0.39 is 0 Å². The lowest BCUT2D eigenvalue weighted by Gasteiger charge is -2.31. The third-order valence-electron chi connectivity index (χ3n) is 3.56. The second-order valence-corrected chi connectivity index (χ2v) is 4.69. The van der Waals surface area contributed by atoms with Crippen LogP contribution in [0.5, 0.6) is 0 Å². The molecule has 2 atom stereocenters. The van der Waals surface area contributed by atoms with Crippen LogP contribution in [0.15, 0.2) is 24.3 Å². The maximum Gasteiger partial charge on any atom is 0.0842 e. The lowest BCUT2D eigenvalue weighted by molar-refractivity contribution is 0.000136. The maximum absolute atomic E-state index is 5.94. The van der Waals surface area contributed by atoms with E-state index >= 15 is 0 Å². The van der Waals surface area contributed by atoms with Crippen molar-refractivity contribution >= 4 is 0 Å². The molecule has 1 aromatic carbocycles. The summed E-state index contributed by atoms with van der Waals surface area (Å²) in [5, 5.41) is 3.54. The highest BCUT2D eigenvalue weighted by Crippen LogP contribution is 2.30. The van der Waals surface area contributed by atoms with Crippen LogP contribution in [0.2, 0.25) is 0 Å². The topological polar surface area (TPSA) is 21.3 Å². The molecule has 1 saturated heterocycles. The molecule has 0 bridgehead atoms. The lowest BCUT2D eigenvalue weighted by Crippen LogP contribution is -2.36. The maximum atomic E-state index is 5.94. The van der Waals surface area contributed by atoms with Crippen molar-refractivity contribution in [2.45, 2.75) is 45.3 Å². The summed E-state index contributed by atoms with van der Waals surface area (Å²) in [4.78, 5) is 0. The number of benzene rings is 1. The van der Waals surface area contributed by atoms with Crippen molar-refractivity contribution in [1.29, 1.82) is 0 Å². The van der Waals surface area contributed by atoms with E-state index in [4.69, 9.17) is 4.74 Å². The molecule has 0 saturated carbocycles. The van der Waals surface area contributed by atoms with Crippen molar-refractivity contribution in [3.8, 4) is 0 Å². The molecule has 2 nitrogen and oxygen atoms in total. The summed E-state index contributed by atoms with van der Waals surface area (Å²) in [6.45, 7) is 6.31. The molecule has 2 heteroatoms. The van der Waals surface area contributed by atoms with Gasteiger partial charge in [-0.05, 0) is 36.9 Å². The highest BCUT2D eigenvalue weighted by atomic mass is 16.5. The van der Waals surface area contributed by atoms with Gasteiger partial charge in [0.2, 0.25) is 0 Å². The average Bonchev–Trinajstić information content (AvgIpc) is 2.39. The summed E-state index contributed by atoms with van der Waals surface area (Å²) in [7, 11) is 0. The fourth-order valence-electron chi connectivity index (χ4n) is 2.66. The Morgan fingerprint density at radius 1 is 1.29 bits per heavy atom. The van der Waals surface area contributed by atoms with Gasteiger partial charge in [-0.1, -0.05) is 38.1 Å². The number of nitrogens with one attached hydrogen (secondary N) is 1. The van der Waals surface area contributed by atoms with Crippen molar-refractivity contribution in [1.82, 2.24) is 5.32 Å². The van der Waals surface area contributed by atoms with Crippen LogP contribution in [-0.4, -0.2) is 19.2 Å². The van der Waals surface area contributed by atoms with Gasteiger partial charge < -0.3 is 10.1 Å². The number of ether oxygens (including phenoxy) is 1. The summed E-state index contributed by atoms with van der Waals surface area (Å²) >= 11 is 0. The standard InChI is InChI=1S/C15H23NO/c1-3-12-7-5-6-8-14(12)15-11-13(16-4-2)9-10-17-15/h5-8,13,15-16H,3-4,9-11H2,1-2H3. The molecule has 17 heavy (non-hydrogen) atoms. The van der Waals surface area contributed by atoms with Crippen LogP contribution < -0.4 is 5.32 Å². The van der Waals surface area contributed by atoms with Crippen LogP contribution in [-0.2, 0) is 11.2 Å². The van der Waals surface area contributed by atoms with Gasteiger partial charge in [-0.3, -0.25) is 0 Å². The van der Waals surface area contributed by atoms with Gasteiger partial charge in [0.1, 0.15) is 0 Å². The zero-order chi connectivity index (χ0) is 12.1. The summed E-state index contributed by atoms with van der Waals surface area (Å²) in [6, 6.07) is 9.29. The van der Waals surface area contributed by atoms with E-state index in [1.54, 1.807) is 0 Å². The molecule has 1 aliphatic rings. The fourth-order valence-corrected chi connectivity index (χ4v) is 2.66. The predicted octanol–water partition coefficient (Wildman–Crippen LogP) is 3.08. The third kappa shape index (κ3) is 3.08. The van der Waals surface area contributed by atoms with Gasteiger partial charge in [-0.2, -0.15) is 0 Å². The Balaban J connectivity index is 2.10. The van der Waals surface area contributed by atoms with Gasteiger partial charge in [0.15, 0.2) is 0 Å². The van der Waals surface area contributed by atoms with Crippen molar-refractivity contribution in [3.63, 3.8) is 0 Å². The summed E-state index contributed by atoms with van der Waals surface area (Å²) in [5.41, 5.74) is 2.81. The first-order valence-electron chi connectivity index (χ1n) is 6.78. The number of hydrogen-bond acceptors (Lipinski definition) is 2. The smallest absolute Gasteiger partial charge is 0.0842 e. The Kier molecular flexibility index (Phi) is 4.57. The largest absolute Gasteiger partial charge is 0.373 e. The molecule has 0 radical (unpaired) electrons. The van der Waals surface area contributed by atoms with E-state index in [2.05, 4.69) is 43.4 Å². The van der Waals surface area contributed by atoms with E-state index in [1.807, 2.05) is 0 Å². The first-order chi connectivity index (χ1) is 8.35. The Morgan fingerprint density at radius 3 is 2.88 bits per heavy atom. The Hall–Kier alpha value is -0.860. The van der Waals surface area contributed by atoms with Gasteiger partial charge in [0.25, 0.3) is 0 Å². The first-order valence-corrected chi connectivity index (χ1v) is 6.78. The van der Waals surface area contributed by atoms with E-state index in [9.17, 15) is 0 Å². The van der Waals surface area contributed by atoms with Crippen LogP contribution in [0.1, 0.15) is 43.9 Å². The van der Waals surface area contributed by atoms with E-state index in [0.717, 1.165) is 32.4 Å². The van der Waals surface area contributed by atoms with Crippen LogP contribution in [0, 0.1) is 0 Å². The second-order valence-electron chi connectivity index (χ2n) is 4.69. The molecule has 1 fully saturated rings. The molecular weight excluding hydrogens is 210 g/mol. The zero-order valence-electron chi connectivity index (χ0n) is 10.9. The summed E-state index contributed by atoms with van der Waals surface area (Å²) in [5.74, 6) is 0. The molecule has 0 amide bonds. The molecule has 2 rings (SSSR count). The summed E-state index contributed by atoms with van der Waals surface area (Å²) in [6.07, 6.45) is 3.61. The lowest BCUT2D eigenvalue weighted by atomic mass is 9.93. The number of hydrogen-bond donors (Lipinski definition) is 1. The van der Waals surface area contributed by atoms with Crippen LogP contribution in [0.3, 0.4) is 0 Å². The van der Waals surface area contributed by atoms with Gasteiger partial charge in [0, 0.05) is 12.6 Å². The minimum absolute atomic E-state index is 0.281. The molecule has 1 N–H and O–H groups in total. The van der Waals surface area contributed by atoms with Crippen LogP contribution in [0.25, 0.3) is 0 Å². The fraction of sp³-hybridized carbons (Fsp3) is 0.600. The first kappa shape index (κ1) is 12.6. The van der Waals surface area contributed by atoms with E-state index in [1.165, 1.54) is 11.1 Å². The number of aryl methyl sites for hydroxylation is 1. The Morgan fingerprint density at radius 2 is 2.12 bits per heavy atom. The van der Waals surface area contributed by atoms with Gasteiger partial charge in [-0.25, -0.2) is 0 Å². The van der Waals surface area contributed by atoms with E-state index in [-0.39, 0.29) is 6.10 Å². The molecule has 1 aromatic rings. The quantitative estimate of drug-likeness (QED) is 0.863. The highest BCUT2D eigenvalue weighted by molar-refractivity contribution is 5.29. The molecule has 1 heterocycles. The molecule has 0 aromatic heterocycles. The Bertz CT molecular complexity index is 349. The van der Waals surface area contributed by atoms with Crippen LogP contribution in [0.4, 0.5) is 0 Å². The monoisotopic (exact) mass is 233 g/mol. The second kappa shape index (κ2) is 6.18. The zero-order valence-corrected chi connectivity index (χ0v) is 10.9. The van der Waals surface area contributed by atoms with Crippen molar-refractivity contribution < 1.29 is 4.74 Å². The summed E-state index contributed by atoms with van der Waals surface area (Å²) < 4.78 is 5.94. The molecule has 0 spiro atoms.